The van der Waals surface area contributed by atoms with Gasteiger partial charge in [0.2, 0.25) is 0 Å². The molecule has 4 heteroatoms. The Hall–Kier alpha value is -1.39. The zero-order chi connectivity index (χ0) is 12.9. The Bertz CT molecular complexity index is 517. The molecule has 2 heterocycles. The van der Waals surface area contributed by atoms with Crippen molar-refractivity contribution in [2.24, 2.45) is 5.92 Å². The molecule has 0 amide bonds. The average Bonchev–Trinajstić information content (AvgIpc) is 3.08. The number of nitrogens with zero attached hydrogens (tertiary/aromatic N) is 1. The van der Waals surface area contributed by atoms with Gasteiger partial charge in [-0.05, 0) is 69.1 Å². The summed E-state index contributed by atoms with van der Waals surface area (Å²) in [5.41, 5.74) is 3.12. The van der Waals surface area contributed by atoms with Crippen LogP contribution in [0, 0.1) is 5.92 Å². The maximum atomic E-state index is 5.32. The topological polar surface area (TPSA) is 50.1 Å². The summed E-state index contributed by atoms with van der Waals surface area (Å²) in [4.78, 5) is 4.13. The van der Waals surface area contributed by atoms with Gasteiger partial charge < -0.3 is 15.1 Å². The maximum absolute atomic E-state index is 5.32. The number of hydrogen-bond donors (Lipinski definition) is 2. The van der Waals surface area contributed by atoms with E-state index in [1.807, 2.05) is 6.07 Å². The van der Waals surface area contributed by atoms with Crippen LogP contribution in [0.5, 0.6) is 0 Å². The third-order valence-electron chi connectivity index (χ3n) is 3.88. The largest absolute Gasteiger partial charge is 0.443 e. The number of hydrogen-bond acceptors (Lipinski definition) is 4. The van der Waals surface area contributed by atoms with Crippen LogP contribution in [-0.2, 0) is 6.42 Å². The summed E-state index contributed by atoms with van der Waals surface area (Å²) >= 11 is 0. The minimum atomic E-state index is 0.873. The molecular formula is C15H21N3O. The van der Waals surface area contributed by atoms with Crippen molar-refractivity contribution in [1.29, 1.82) is 0 Å². The lowest BCUT2D eigenvalue weighted by Gasteiger charge is -2.09. The van der Waals surface area contributed by atoms with Gasteiger partial charge in [-0.25, -0.2) is 4.98 Å². The second-order valence-electron chi connectivity index (χ2n) is 5.30. The fourth-order valence-electron chi connectivity index (χ4n) is 2.68. The predicted molar refractivity (Wildman–Crippen MR) is 76.2 cm³/mol. The minimum absolute atomic E-state index is 0.873. The van der Waals surface area contributed by atoms with Gasteiger partial charge >= 0.3 is 0 Å². The van der Waals surface area contributed by atoms with Gasteiger partial charge in [-0.2, -0.15) is 0 Å². The van der Waals surface area contributed by atoms with Crippen molar-refractivity contribution in [3.05, 3.63) is 30.2 Å². The molecule has 1 fully saturated rings. The molecule has 1 unspecified atom stereocenters. The second kappa shape index (κ2) is 6.17. The molecule has 1 aromatic carbocycles. The number of aromatic nitrogens is 1. The highest BCUT2D eigenvalue weighted by Gasteiger charge is 2.13. The SMILES string of the molecule is c1nc2ccc(CCNCCC3CCNC3)cc2o1. The van der Waals surface area contributed by atoms with E-state index in [1.165, 1.54) is 37.9 Å². The molecule has 4 nitrogen and oxygen atoms in total. The quantitative estimate of drug-likeness (QED) is 0.779. The molecule has 1 aromatic heterocycles. The highest BCUT2D eigenvalue weighted by molar-refractivity contribution is 5.72. The summed E-state index contributed by atoms with van der Waals surface area (Å²) in [5.74, 6) is 0.873. The van der Waals surface area contributed by atoms with E-state index in [0.29, 0.717) is 0 Å². The number of oxazole rings is 1. The monoisotopic (exact) mass is 259 g/mol. The molecule has 1 aliphatic rings. The first-order chi connectivity index (χ1) is 9.42. The highest BCUT2D eigenvalue weighted by atomic mass is 16.3. The van der Waals surface area contributed by atoms with Gasteiger partial charge in [-0.15, -0.1) is 0 Å². The fraction of sp³-hybridized carbons (Fsp3) is 0.533. The van der Waals surface area contributed by atoms with Crippen molar-refractivity contribution in [1.82, 2.24) is 15.6 Å². The summed E-state index contributed by atoms with van der Waals surface area (Å²) in [6, 6.07) is 6.25. The summed E-state index contributed by atoms with van der Waals surface area (Å²) in [6.07, 6.45) is 5.17. The minimum Gasteiger partial charge on any atom is -0.443 e. The van der Waals surface area contributed by atoms with Crippen LogP contribution in [0.2, 0.25) is 0 Å². The van der Waals surface area contributed by atoms with E-state index in [-0.39, 0.29) is 0 Å². The van der Waals surface area contributed by atoms with Crippen molar-refractivity contribution >= 4 is 11.1 Å². The average molecular weight is 259 g/mol. The van der Waals surface area contributed by atoms with Crippen LogP contribution in [0.3, 0.4) is 0 Å². The van der Waals surface area contributed by atoms with E-state index in [9.17, 15) is 0 Å². The standard InChI is InChI=1S/C15H21N3O/c1-2-14-15(19-11-18-14)9-12(1)3-6-16-7-4-13-5-8-17-10-13/h1-2,9,11,13,16-17H,3-8,10H2. The normalized spacial score (nSPS) is 19.3. The summed E-state index contributed by atoms with van der Waals surface area (Å²) in [7, 11) is 0. The van der Waals surface area contributed by atoms with Crippen LogP contribution in [0.15, 0.2) is 29.0 Å². The van der Waals surface area contributed by atoms with Crippen LogP contribution >= 0.6 is 0 Å². The zero-order valence-corrected chi connectivity index (χ0v) is 11.2. The Labute approximate surface area is 113 Å². The third kappa shape index (κ3) is 3.33. The molecule has 0 spiro atoms. The Morgan fingerprint density at radius 1 is 1.37 bits per heavy atom. The summed E-state index contributed by atoms with van der Waals surface area (Å²) < 4.78 is 5.32. The molecule has 19 heavy (non-hydrogen) atoms. The lowest BCUT2D eigenvalue weighted by molar-refractivity contribution is 0.501. The second-order valence-corrected chi connectivity index (χ2v) is 5.30. The molecule has 2 aromatic rings. The lowest BCUT2D eigenvalue weighted by atomic mass is 10.1. The van der Waals surface area contributed by atoms with Crippen molar-refractivity contribution in [3.8, 4) is 0 Å². The van der Waals surface area contributed by atoms with E-state index < -0.39 is 0 Å². The van der Waals surface area contributed by atoms with Gasteiger partial charge in [0, 0.05) is 0 Å². The molecule has 102 valence electrons. The lowest BCUT2D eigenvalue weighted by Crippen LogP contribution is -2.21. The van der Waals surface area contributed by atoms with Crippen molar-refractivity contribution in [2.45, 2.75) is 19.3 Å². The predicted octanol–water partition coefficient (Wildman–Crippen LogP) is 1.96. The van der Waals surface area contributed by atoms with E-state index in [0.717, 1.165) is 36.5 Å². The first-order valence-corrected chi connectivity index (χ1v) is 7.15. The van der Waals surface area contributed by atoms with Gasteiger partial charge in [0.15, 0.2) is 12.0 Å². The van der Waals surface area contributed by atoms with Crippen LogP contribution < -0.4 is 10.6 Å². The van der Waals surface area contributed by atoms with E-state index >= 15 is 0 Å². The first kappa shape index (κ1) is 12.6. The van der Waals surface area contributed by atoms with Crippen LogP contribution in [-0.4, -0.2) is 31.2 Å². The van der Waals surface area contributed by atoms with E-state index in [1.54, 1.807) is 0 Å². The van der Waals surface area contributed by atoms with Crippen molar-refractivity contribution in [2.75, 3.05) is 26.2 Å². The Balaban J connectivity index is 1.39. The molecule has 2 N–H and O–H groups in total. The van der Waals surface area contributed by atoms with Crippen LogP contribution in [0.1, 0.15) is 18.4 Å². The van der Waals surface area contributed by atoms with Crippen molar-refractivity contribution in [3.63, 3.8) is 0 Å². The van der Waals surface area contributed by atoms with Crippen LogP contribution in [0.25, 0.3) is 11.1 Å². The number of fused-ring (bicyclic) bond motifs is 1. The molecule has 0 aliphatic carbocycles. The number of nitrogens with one attached hydrogen (secondary N) is 2. The van der Waals surface area contributed by atoms with Crippen LogP contribution in [0.4, 0.5) is 0 Å². The number of benzene rings is 1. The van der Waals surface area contributed by atoms with E-state index in [4.69, 9.17) is 4.42 Å². The van der Waals surface area contributed by atoms with Gasteiger partial charge in [0.05, 0.1) is 0 Å². The Kier molecular flexibility index (Phi) is 4.10. The number of rotatable bonds is 6. The summed E-state index contributed by atoms with van der Waals surface area (Å²) in [6.45, 7) is 4.54. The Morgan fingerprint density at radius 3 is 3.26 bits per heavy atom. The van der Waals surface area contributed by atoms with Gasteiger partial charge in [-0.3, -0.25) is 0 Å². The molecule has 0 radical (unpaired) electrons. The molecule has 1 atom stereocenters. The smallest absolute Gasteiger partial charge is 0.181 e. The third-order valence-corrected chi connectivity index (χ3v) is 3.88. The Morgan fingerprint density at radius 2 is 2.37 bits per heavy atom. The maximum Gasteiger partial charge on any atom is 0.181 e. The molecule has 0 bridgehead atoms. The molecule has 1 saturated heterocycles. The van der Waals surface area contributed by atoms with Gasteiger partial charge in [0.1, 0.15) is 5.52 Å². The highest BCUT2D eigenvalue weighted by Crippen LogP contribution is 2.14. The molecule has 3 rings (SSSR count). The molecule has 0 saturated carbocycles. The van der Waals surface area contributed by atoms with Gasteiger partial charge in [0.25, 0.3) is 0 Å². The first-order valence-electron chi connectivity index (χ1n) is 7.15. The van der Waals surface area contributed by atoms with Crippen molar-refractivity contribution < 1.29 is 4.42 Å². The molecular weight excluding hydrogens is 238 g/mol. The van der Waals surface area contributed by atoms with E-state index in [2.05, 4.69) is 27.8 Å². The zero-order valence-electron chi connectivity index (χ0n) is 11.2. The van der Waals surface area contributed by atoms with Gasteiger partial charge in [-0.1, -0.05) is 6.07 Å². The summed E-state index contributed by atoms with van der Waals surface area (Å²) in [5, 5.41) is 6.94. The molecule has 1 aliphatic heterocycles. The fourth-order valence-corrected chi connectivity index (χ4v) is 2.68.